The van der Waals surface area contributed by atoms with Gasteiger partial charge in [-0.15, -0.1) is 6.58 Å². The number of fused-ring (bicyclic) bond motifs is 1. The van der Waals surface area contributed by atoms with Crippen LogP contribution in [0.25, 0.3) is 10.9 Å². The number of nitrogens with one attached hydrogen (secondary N) is 1. The maximum Gasteiger partial charge on any atom is 0.275 e. The van der Waals surface area contributed by atoms with E-state index in [1.54, 1.807) is 16.8 Å². The zero-order valence-electron chi connectivity index (χ0n) is 19.2. The van der Waals surface area contributed by atoms with Crippen molar-refractivity contribution in [3.8, 4) is 0 Å². The van der Waals surface area contributed by atoms with Crippen LogP contribution >= 0.6 is 0 Å². The summed E-state index contributed by atoms with van der Waals surface area (Å²) in [6.07, 6.45) is 5.22. The topological polar surface area (TPSA) is 61.3 Å². The predicted molar refractivity (Wildman–Crippen MR) is 129 cm³/mol. The number of aromatic amines is 1. The van der Waals surface area contributed by atoms with Crippen LogP contribution < -0.4 is 5.56 Å². The van der Waals surface area contributed by atoms with Crippen molar-refractivity contribution >= 4 is 16.8 Å². The Morgan fingerprint density at radius 3 is 2.62 bits per heavy atom. The molecule has 1 aromatic carbocycles. The minimum atomic E-state index is -0.129. The largest absolute Gasteiger partial charge is 0.354 e. The molecule has 1 amide bonds. The maximum absolute atomic E-state index is 13.5. The number of nitrogens with zero attached hydrogens (tertiary/aromatic N) is 3. The number of benzene rings is 1. The molecule has 1 aliphatic rings. The Bertz CT molecular complexity index is 1170. The van der Waals surface area contributed by atoms with Gasteiger partial charge in [0.15, 0.2) is 0 Å². The fourth-order valence-electron chi connectivity index (χ4n) is 4.80. The van der Waals surface area contributed by atoms with E-state index in [9.17, 15) is 9.59 Å². The van der Waals surface area contributed by atoms with Gasteiger partial charge >= 0.3 is 0 Å². The van der Waals surface area contributed by atoms with Crippen LogP contribution in [0.5, 0.6) is 0 Å². The van der Waals surface area contributed by atoms with Gasteiger partial charge in [0.25, 0.3) is 11.5 Å². The third-order valence-corrected chi connectivity index (χ3v) is 6.76. The second kappa shape index (κ2) is 9.17. The van der Waals surface area contributed by atoms with Crippen molar-refractivity contribution in [1.82, 2.24) is 19.4 Å². The highest BCUT2D eigenvalue weighted by atomic mass is 16.2. The van der Waals surface area contributed by atoms with Crippen LogP contribution in [0.3, 0.4) is 0 Å². The summed E-state index contributed by atoms with van der Waals surface area (Å²) in [7, 11) is 1.89. The zero-order valence-corrected chi connectivity index (χ0v) is 19.2. The molecule has 0 bridgehead atoms. The molecule has 1 atom stereocenters. The van der Waals surface area contributed by atoms with E-state index in [2.05, 4.69) is 47.7 Å². The van der Waals surface area contributed by atoms with Gasteiger partial charge in [0.2, 0.25) is 0 Å². The van der Waals surface area contributed by atoms with E-state index in [1.165, 1.54) is 5.56 Å². The Morgan fingerprint density at radius 1 is 1.28 bits per heavy atom. The molecule has 3 heterocycles. The Morgan fingerprint density at radius 2 is 1.97 bits per heavy atom. The van der Waals surface area contributed by atoms with Crippen LogP contribution in [0.4, 0.5) is 0 Å². The molecule has 0 aliphatic carbocycles. The quantitative estimate of drug-likeness (QED) is 0.596. The molecule has 6 heteroatoms. The minimum Gasteiger partial charge on any atom is -0.354 e. The zero-order chi connectivity index (χ0) is 22.8. The molecule has 2 aromatic heterocycles. The number of aromatic nitrogens is 2. The number of amides is 1. The first-order chi connectivity index (χ1) is 15.4. The summed E-state index contributed by atoms with van der Waals surface area (Å²) in [5.74, 6) is -0.0404. The molecule has 1 aliphatic heterocycles. The molecular weight excluding hydrogens is 400 g/mol. The van der Waals surface area contributed by atoms with Gasteiger partial charge in [0.05, 0.1) is 5.56 Å². The molecule has 1 saturated heterocycles. The van der Waals surface area contributed by atoms with Crippen molar-refractivity contribution < 1.29 is 4.79 Å². The number of piperidine rings is 1. The number of H-pyrrole nitrogens is 1. The molecule has 0 unspecified atom stereocenters. The molecule has 168 valence electrons. The number of allylic oxidation sites excluding steroid dienone is 1. The second-order valence-electron chi connectivity index (χ2n) is 8.80. The standard InChI is InChI=1S/C26H32N4O2/c1-5-13-30-17-23(22-16-18(2)27-24(22)26(30)32)25(31)28(4)21-11-14-29(15-12-21)19(3)20-9-7-6-8-10-20/h5-10,16-17,19,21,27H,1,11-15H2,2-4H3/t19-/m0/s1. The van der Waals surface area contributed by atoms with Gasteiger partial charge in [-0.25, -0.2) is 0 Å². The lowest BCUT2D eigenvalue weighted by Gasteiger charge is -2.39. The Kier molecular flexibility index (Phi) is 6.33. The van der Waals surface area contributed by atoms with E-state index in [0.717, 1.165) is 31.6 Å². The fourth-order valence-corrected chi connectivity index (χ4v) is 4.80. The second-order valence-corrected chi connectivity index (χ2v) is 8.80. The summed E-state index contributed by atoms with van der Waals surface area (Å²) in [6.45, 7) is 10.2. The summed E-state index contributed by atoms with van der Waals surface area (Å²) in [6, 6.07) is 13.0. The average molecular weight is 433 g/mol. The van der Waals surface area contributed by atoms with E-state index in [0.29, 0.717) is 29.1 Å². The van der Waals surface area contributed by atoms with E-state index in [1.807, 2.05) is 31.0 Å². The molecule has 4 rings (SSSR count). The SMILES string of the molecule is C=CCn1cc(C(=O)N(C)C2CCN([C@@H](C)c3ccccc3)CC2)c2cc(C)[nH]c2c1=O. The van der Waals surface area contributed by atoms with Gasteiger partial charge in [-0.2, -0.15) is 0 Å². The van der Waals surface area contributed by atoms with Crippen LogP contribution in [-0.4, -0.2) is 51.4 Å². The smallest absolute Gasteiger partial charge is 0.275 e. The Hall–Kier alpha value is -3.12. The van der Waals surface area contributed by atoms with Gasteiger partial charge in [-0.05, 0) is 38.3 Å². The number of aryl methyl sites for hydroxylation is 1. The van der Waals surface area contributed by atoms with Gasteiger partial charge < -0.3 is 14.5 Å². The summed E-state index contributed by atoms with van der Waals surface area (Å²) in [5, 5.41) is 0.694. The first-order valence-corrected chi connectivity index (χ1v) is 11.3. The number of pyridine rings is 1. The first kappa shape index (κ1) is 22.1. The Balaban J connectivity index is 1.52. The van der Waals surface area contributed by atoms with Crippen LogP contribution in [0.1, 0.15) is 47.4 Å². The van der Waals surface area contributed by atoms with E-state index in [4.69, 9.17) is 0 Å². The van der Waals surface area contributed by atoms with Crippen molar-refractivity contribution in [2.24, 2.45) is 0 Å². The highest BCUT2D eigenvalue weighted by Crippen LogP contribution is 2.27. The molecule has 0 spiro atoms. The molecule has 32 heavy (non-hydrogen) atoms. The van der Waals surface area contributed by atoms with Crippen LogP contribution in [0.2, 0.25) is 0 Å². The first-order valence-electron chi connectivity index (χ1n) is 11.3. The number of rotatable bonds is 6. The highest BCUT2D eigenvalue weighted by molar-refractivity contribution is 6.06. The van der Waals surface area contributed by atoms with Gasteiger partial charge in [0, 0.05) is 56.0 Å². The van der Waals surface area contributed by atoms with Crippen molar-refractivity contribution in [2.45, 2.75) is 45.3 Å². The maximum atomic E-state index is 13.5. The van der Waals surface area contributed by atoms with Gasteiger partial charge in [0.1, 0.15) is 5.52 Å². The molecule has 0 saturated carbocycles. The molecular formula is C26H32N4O2. The molecule has 3 aromatic rings. The fraction of sp³-hybridized carbons (Fsp3) is 0.385. The highest BCUT2D eigenvalue weighted by Gasteiger charge is 2.29. The number of likely N-dealkylation sites (tertiary alicyclic amines) is 1. The molecule has 1 fully saturated rings. The third kappa shape index (κ3) is 4.15. The van der Waals surface area contributed by atoms with Crippen molar-refractivity contribution in [3.05, 3.63) is 82.4 Å². The van der Waals surface area contributed by atoms with E-state index >= 15 is 0 Å². The number of hydrogen-bond donors (Lipinski definition) is 1. The summed E-state index contributed by atoms with van der Waals surface area (Å²) in [4.78, 5) is 33.8. The van der Waals surface area contributed by atoms with E-state index < -0.39 is 0 Å². The van der Waals surface area contributed by atoms with Gasteiger partial charge in [-0.3, -0.25) is 14.5 Å². The summed E-state index contributed by atoms with van der Waals surface area (Å²) in [5.41, 5.74) is 3.11. The predicted octanol–water partition coefficient (Wildman–Crippen LogP) is 4.12. The molecule has 6 nitrogen and oxygen atoms in total. The molecule has 1 N–H and O–H groups in total. The lowest BCUT2D eigenvalue weighted by atomic mass is 9.98. The van der Waals surface area contributed by atoms with Crippen LogP contribution in [0, 0.1) is 6.92 Å². The molecule has 0 radical (unpaired) electrons. The average Bonchev–Trinajstić information content (AvgIpc) is 3.22. The monoisotopic (exact) mass is 432 g/mol. The Labute approximate surface area is 189 Å². The third-order valence-electron chi connectivity index (χ3n) is 6.76. The lowest BCUT2D eigenvalue weighted by molar-refractivity contribution is 0.0606. The number of carbonyl (C=O) groups excluding carboxylic acids is 1. The van der Waals surface area contributed by atoms with Crippen molar-refractivity contribution in [1.29, 1.82) is 0 Å². The lowest BCUT2D eigenvalue weighted by Crippen LogP contribution is -2.46. The minimum absolute atomic E-state index is 0.0404. The summed E-state index contributed by atoms with van der Waals surface area (Å²) >= 11 is 0. The van der Waals surface area contributed by atoms with Crippen LogP contribution in [0.15, 0.2) is 60.0 Å². The van der Waals surface area contributed by atoms with Crippen LogP contribution in [-0.2, 0) is 6.54 Å². The van der Waals surface area contributed by atoms with E-state index in [-0.39, 0.29) is 17.5 Å². The summed E-state index contributed by atoms with van der Waals surface area (Å²) < 4.78 is 1.55. The normalized spacial score (nSPS) is 16.2. The van der Waals surface area contributed by atoms with Gasteiger partial charge in [-0.1, -0.05) is 36.4 Å². The number of hydrogen-bond acceptors (Lipinski definition) is 3. The number of carbonyl (C=O) groups is 1. The van der Waals surface area contributed by atoms with Crippen molar-refractivity contribution in [2.75, 3.05) is 20.1 Å². The van der Waals surface area contributed by atoms with Crippen molar-refractivity contribution in [3.63, 3.8) is 0 Å².